The van der Waals surface area contributed by atoms with Gasteiger partial charge in [-0.15, -0.1) is 0 Å². The van der Waals surface area contributed by atoms with Crippen molar-refractivity contribution >= 4 is 21.7 Å². The van der Waals surface area contributed by atoms with Crippen molar-refractivity contribution in [1.82, 2.24) is 19.7 Å². The number of nitrogens with zero attached hydrogens (tertiary/aromatic N) is 3. The lowest BCUT2D eigenvalue weighted by atomic mass is 9.75. The van der Waals surface area contributed by atoms with Crippen LogP contribution in [-0.4, -0.2) is 29.3 Å². The van der Waals surface area contributed by atoms with Crippen LogP contribution in [0.2, 0.25) is 0 Å². The highest BCUT2D eigenvalue weighted by molar-refractivity contribution is 7.90. The van der Waals surface area contributed by atoms with Crippen LogP contribution in [0.5, 0.6) is 0 Å². The van der Waals surface area contributed by atoms with Crippen LogP contribution in [0.1, 0.15) is 53.9 Å². The molecule has 2 heterocycles. The number of carbonyl (C=O) groups is 1. The van der Waals surface area contributed by atoms with Gasteiger partial charge in [0.25, 0.3) is 15.9 Å². The van der Waals surface area contributed by atoms with E-state index in [9.17, 15) is 13.2 Å². The number of anilines is 1. The molecule has 0 unspecified atom stereocenters. The maximum atomic E-state index is 13.2. The Morgan fingerprint density at radius 2 is 1.81 bits per heavy atom. The van der Waals surface area contributed by atoms with Crippen molar-refractivity contribution in [2.75, 3.05) is 5.73 Å². The minimum Gasteiger partial charge on any atom is -0.381 e. The minimum absolute atomic E-state index is 0.137. The molecule has 0 spiro atoms. The third-order valence-electron chi connectivity index (χ3n) is 5.73. The molecular formula is C23H25N5O3S. The van der Waals surface area contributed by atoms with Gasteiger partial charge in [-0.2, -0.15) is 8.42 Å². The molecule has 0 bridgehead atoms. The SMILES string of the molecule is Cc1ccc(-c2nc3c(cc2C(=O)NS(=O)(=O)c2nccnc2N)CCCC3(C)C)cc1. The summed E-state index contributed by atoms with van der Waals surface area (Å²) < 4.78 is 27.7. The zero-order chi connectivity index (χ0) is 23.1. The number of aryl methyl sites for hydroxylation is 2. The van der Waals surface area contributed by atoms with Crippen molar-refractivity contribution in [3.05, 3.63) is 65.1 Å². The Bertz CT molecular complexity index is 1300. The summed E-state index contributed by atoms with van der Waals surface area (Å²) in [6.07, 6.45) is 5.23. The Balaban J connectivity index is 1.83. The van der Waals surface area contributed by atoms with E-state index in [-0.39, 0.29) is 16.8 Å². The van der Waals surface area contributed by atoms with E-state index in [1.807, 2.05) is 31.2 Å². The number of hydrogen-bond acceptors (Lipinski definition) is 7. The summed E-state index contributed by atoms with van der Waals surface area (Å²) in [5.74, 6) is -1.07. The first kappa shape index (κ1) is 21.9. The highest BCUT2D eigenvalue weighted by Gasteiger charge is 2.32. The average molecular weight is 452 g/mol. The van der Waals surface area contributed by atoms with Gasteiger partial charge in [-0.1, -0.05) is 43.7 Å². The summed E-state index contributed by atoms with van der Waals surface area (Å²) in [5.41, 5.74) is 9.86. The zero-order valence-electron chi connectivity index (χ0n) is 18.2. The molecule has 166 valence electrons. The third-order valence-corrected chi connectivity index (χ3v) is 7.01. The van der Waals surface area contributed by atoms with Crippen LogP contribution >= 0.6 is 0 Å². The molecule has 9 heteroatoms. The predicted molar refractivity (Wildman–Crippen MR) is 121 cm³/mol. The van der Waals surface area contributed by atoms with Crippen LogP contribution in [0.25, 0.3) is 11.3 Å². The van der Waals surface area contributed by atoms with Crippen LogP contribution < -0.4 is 10.5 Å². The number of rotatable bonds is 4. The van der Waals surface area contributed by atoms with Gasteiger partial charge in [-0.05, 0) is 37.8 Å². The highest BCUT2D eigenvalue weighted by Crippen LogP contribution is 2.38. The number of benzene rings is 1. The first-order valence-corrected chi connectivity index (χ1v) is 11.8. The van der Waals surface area contributed by atoms with Gasteiger partial charge in [-0.3, -0.25) is 9.78 Å². The van der Waals surface area contributed by atoms with Crippen molar-refractivity contribution in [2.45, 2.75) is 50.5 Å². The monoisotopic (exact) mass is 451 g/mol. The Kier molecular flexibility index (Phi) is 5.46. The zero-order valence-corrected chi connectivity index (χ0v) is 19.0. The summed E-state index contributed by atoms with van der Waals surface area (Å²) in [6.45, 7) is 6.24. The number of pyridine rings is 1. The second-order valence-electron chi connectivity index (χ2n) is 8.68. The molecule has 3 aromatic rings. The van der Waals surface area contributed by atoms with Crippen molar-refractivity contribution in [3.63, 3.8) is 0 Å². The predicted octanol–water partition coefficient (Wildman–Crippen LogP) is 3.16. The summed E-state index contributed by atoms with van der Waals surface area (Å²) in [5, 5.41) is -0.489. The van der Waals surface area contributed by atoms with Crippen molar-refractivity contribution in [3.8, 4) is 11.3 Å². The van der Waals surface area contributed by atoms with Crippen molar-refractivity contribution in [2.24, 2.45) is 0 Å². The van der Waals surface area contributed by atoms with E-state index >= 15 is 0 Å². The molecule has 0 aliphatic heterocycles. The number of amides is 1. The van der Waals surface area contributed by atoms with Gasteiger partial charge in [0.15, 0.2) is 5.82 Å². The molecule has 4 rings (SSSR count). The second kappa shape index (κ2) is 7.98. The Hall–Kier alpha value is -3.33. The summed E-state index contributed by atoms with van der Waals surface area (Å²) in [6, 6.07) is 9.39. The summed E-state index contributed by atoms with van der Waals surface area (Å²) in [4.78, 5) is 25.6. The van der Waals surface area contributed by atoms with E-state index < -0.39 is 21.0 Å². The van der Waals surface area contributed by atoms with Crippen LogP contribution in [0.3, 0.4) is 0 Å². The first-order valence-electron chi connectivity index (χ1n) is 10.3. The smallest absolute Gasteiger partial charge is 0.285 e. The maximum Gasteiger partial charge on any atom is 0.285 e. The van der Waals surface area contributed by atoms with Gasteiger partial charge in [0.05, 0.1) is 11.3 Å². The lowest BCUT2D eigenvalue weighted by molar-refractivity contribution is 0.0981. The van der Waals surface area contributed by atoms with Gasteiger partial charge in [0.1, 0.15) is 0 Å². The van der Waals surface area contributed by atoms with Gasteiger partial charge in [0.2, 0.25) is 5.03 Å². The Morgan fingerprint density at radius 3 is 2.50 bits per heavy atom. The largest absolute Gasteiger partial charge is 0.381 e. The Labute approximate surface area is 187 Å². The topological polar surface area (TPSA) is 128 Å². The molecule has 1 aromatic carbocycles. The number of hydrogen-bond donors (Lipinski definition) is 2. The molecule has 0 fully saturated rings. The summed E-state index contributed by atoms with van der Waals surface area (Å²) >= 11 is 0. The molecular weight excluding hydrogens is 426 g/mol. The molecule has 1 aliphatic carbocycles. The molecule has 3 N–H and O–H groups in total. The summed E-state index contributed by atoms with van der Waals surface area (Å²) in [7, 11) is -4.31. The molecule has 32 heavy (non-hydrogen) atoms. The number of nitrogens with two attached hydrogens (primary N) is 1. The number of nitrogen functional groups attached to an aromatic ring is 1. The van der Waals surface area contributed by atoms with Gasteiger partial charge < -0.3 is 5.73 Å². The van der Waals surface area contributed by atoms with E-state index in [0.29, 0.717) is 5.69 Å². The lowest BCUT2D eigenvalue weighted by Crippen LogP contribution is -2.33. The quantitative estimate of drug-likeness (QED) is 0.623. The molecule has 1 amide bonds. The normalized spacial score (nSPS) is 15.1. The fraction of sp³-hybridized carbons (Fsp3) is 0.304. The maximum absolute atomic E-state index is 13.2. The Morgan fingerprint density at radius 1 is 1.12 bits per heavy atom. The van der Waals surface area contributed by atoms with Crippen molar-refractivity contribution in [1.29, 1.82) is 0 Å². The number of carbonyl (C=O) groups excluding carboxylic acids is 1. The molecule has 1 aliphatic rings. The number of sulfonamides is 1. The van der Waals surface area contributed by atoms with Gasteiger partial charge >= 0.3 is 0 Å². The second-order valence-corrected chi connectivity index (χ2v) is 10.3. The van der Waals surface area contributed by atoms with Crippen LogP contribution in [-0.2, 0) is 21.9 Å². The first-order chi connectivity index (χ1) is 15.1. The minimum atomic E-state index is -4.31. The van der Waals surface area contributed by atoms with Crippen LogP contribution in [0.15, 0.2) is 47.8 Å². The molecule has 8 nitrogen and oxygen atoms in total. The van der Waals surface area contributed by atoms with Crippen molar-refractivity contribution < 1.29 is 13.2 Å². The standard InChI is InChI=1S/C23H25N5O3S/c1-14-6-8-15(9-7-14)18-17(13-16-5-4-10-23(2,3)19(16)27-18)21(29)28-32(30,31)22-20(24)25-11-12-26-22/h6-9,11-13H,4-5,10H2,1-3H3,(H2,24,25)(H,28,29). The third kappa shape index (κ3) is 4.08. The highest BCUT2D eigenvalue weighted by atomic mass is 32.2. The molecule has 0 saturated carbocycles. The average Bonchev–Trinajstić information content (AvgIpc) is 2.73. The number of aromatic nitrogens is 3. The molecule has 0 saturated heterocycles. The van der Waals surface area contributed by atoms with E-state index in [1.54, 1.807) is 6.07 Å². The van der Waals surface area contributed by atoms with Crippen LogP contribution in [0.4, 0.5) is 5.82 Å². The molecule has 2 aromatic heterocycles. The van der Waals surface area contributed by atoms with E-state index in [1.165, 1.54) is 12.4 Å². The fourth-order valence-electron chi connectivity index (χ4n) is 4.04. The van der Waals surface area contributed by atoms with Crippen LogP contribution in [0, 0.1) is 6.92 Å². The lowest BCUT2D eigenvalue weighted by Gasteiger charge is -2.32. The fourth-order valence-corrected chi connectivity index (χ4v) is 5.02. The molecule has 0 radical (unpaired) electrons. The number of fused-ring (bicyclic) bond motifs is 1. The van der Waals surface area contributed by atoms with Gasteiger partial charge in [0, 0.05) is 29.1 Å². The van der Waals surface area contributed by atoms with E-state index in [2.05, 4.69) is 28.5 Å². The van der Waals surface area contributed by atoms with Gasteiger partial charge in [-0.25, -0.2) is 14.7 Å². The number of nitrogens with one attached hydrogen (secondary N) is 1. The molecule has 0 atom stereocenters. The van der Waals surface area contributed by atoms with E-state index in [4.69, 9.17) is 10.7 Å². The van der Waals surface area contributed by atoms with E-state index in [0.717, 1.165) is 41.6 Å².